The molecule has 1 N–H and O–H groups in total. The summed E-state index contributed by atoms with van der Waals surface area (Å²) in [4.78, 5) is 0. The van der Waals surface area contributed by atoms with Crippen LogP contribution in [-0.2, 0) is 0 Å². The van der Waals surface area contributed by atoms with Crippen molar-refractivity contribution in [1.82, 2.24) is 0 Å². The molecule has 1 atom stereocenters. The molecule has 1 aliphatic rings. The summed E-state index contributed by atoms with van der Waals surface area (Å²) in [5.74, 6) is 0. The van der Waals surface area contributed by atoms with Crippen LogP contribution in [0.2, 0.25) is 0 Å². The maximum atomic E-state index is 10.7. The molecule has 0 radical (unpaired) electrons. The molecule has 0 saturated heterocycles. The summed E-state index contributed by atoms with van der Waals surface area (Å²) >= 11 is 0. The van der Waals surface area contributed by atoms with Gasteiger partial charge in [-0.25, -0.2) is 0 Å². The van der Waals surface area contributed by atoms with Gasteiger partial charge in [0.05, 0.1) is 17.6 Å². The van der Waals surface area contributed by atoms with Crippen molar-refractivity contribution in [2.45, 2.75) is 52.6 Å². The van der Waals surface area contributed by atoms with Crippen LogP contribution in [0.25, 0.3) is 0 Å². The lowest BCUT2D eigenvalue weighted by atomic mass is 9.76. The second-order valence-electron chi connectivity index (χ2n) is 5.69. The molecule has 1 aliphatic carbocycles. The predicted molar refractivity (Wildman–Crippen MR) is 72.1 cm³/mol. The molecule has 0 amide bonds. The van der Waals surface area contributed by atoms with E-state index in [9.17, 15) is 10.4 Å². The minimum absolute atomic E-state index is 0.565. The Labute approximate surface area is 109 Å². The smallest absolute Gasteiger partial charge is 0.0981 e. The van der Waals surface area contributed by atoms with E-state index in [1.165, 1.54) is 5.56 Å². The first-order valence-corrected chi connectivity index (χ1v) is 6.67. The molecule has 0 aromatic heterocycles. The standard InChI is InChI=1S/C16H21NO/c1-11-8-12(2)14(13(3)9-11)15(18)16(10-17)6-4-5-7-16/h8-9,15,18H,4-7H2,1-3H3. The average molecular weight is 243 g/mol. The van der Waals surface area contributed by atoms with Crippen LogP contribution in [0.1, 0.15) is 54.0 Å². The molecule has 1 fully saturated rings. The molecule has 0 spiro atoms. The van der Waals surface area contributed by atoms with Gasteiger partial charge in [-0.3, -0.25) is 0 Å². The Morgan fingerprint density at radius 1 is 1.17 bits per heavy atom. The molecule has 2 nitrogen and oxygen atoms in total. The molecule has 0 heterocycles. The molecule has 18 heavy (non-hydrogen) atoms. The van der Waals surface area contributed by atoms with E-state index >= 15 is 0 Å². The lowest BCUT2D eigenvalue weighted by Gasteiger charge is -2.29. The molecule has 1 saturated carbocycles. The van der Waals surface area contributed by atoms with Crippen molar-refractivity contribution in [1.29, 1.82) is 5.26 Å². The Morgan fingerprint density at radius 3 is 2.11 bits per heavy atom. The number of rotatable bonds is 2. The van der Waals surface area contributed by atoms with Crippen molar-refractivity contribution < 1.29 is 5.11 Å². The average Bonchev–Trinajstić information content (AvgIpc) is 2.77. The van der Waals surface area contributed by atoms with E-state index in [-0.39, 0.29) is 0 Å². The maximum absolute atomic E-state index is 10.7. The van der Waals surface area contributed by atoms with Gasteiger partial charge in [0.15, 0.2) is 0 Å². The van der Waals surface area contributed by atoms with Crippen LogP contribution in [0.5, 0.6) is 0 Å². The third kappa shape index (κ3) is 2.04. The van der Waals surface area contributed by atoms with Crippen LogP contribution in [0.4, 0.5) is 0 Å². The zero-order valence-electron chi connectivity index (χ0n) is 11.5. The van der Waals surface area contributed by atoms with Crippen molar-refractivity contribution in [3.8, 4) is 6.07 Å². The minimum atomic E-state index is -0.648. The SMILES string of the molecule is Cc1cc(C)c(C(O)C2(C#N)CCCC2)c(C)c1. The maximum Gasteiger partial charge on any atom is 0.0981 e. The van der Waals surface area contributed by atoms with Gasteiger partial charge in [-0.05, 0) is 50.3 Å². The third-order valence-corrected chi connectivity index (χ3v) is 4.25. The first-order valence-electron chi connectivity index (χ1n) is 6.67. The zero-order chi connectivity index (χ0) is 13.3. The van der Waals surface area contributed by atoms with Crippen molar-refractivity contribution in [3.05, 3.63) is 34.4 Å². The number of hydrogen-bond donors (Lipinski definition) is 1. The van der Waals surface area contributed by atoms with Crippen LogP contribution in [0.15, 0.2) is 12.1 Å². The van der Waals surface area contributed by atoms with Crippen molar-refractivity contribution in [2.24, 2.45) is 5.41 Å². The van der Waals surface area contributed by atoms with Gasteiger partial charge in [0.1, 0.15) is 0 Å². The van der Waals surface area contributed by atoms with Gasteiger partial charge in [-0.15, -0.1) is 0 Å². The summed E-state index contributed by atoms with van der Waals surface area (Å²) in [6.45, 7) is 6.11. The van der Waals surface area contributed by atoms with Gasteiger partial charge in [-0.2, -0.15) is 5.26 Å². The molecular weight excluding hydrogens is 222 g/mol. The van der Waals surface area contributed by atoms with Gasteiger partial charge in [0.25, 0.3) is 0 Å². The van der Waals surface area contributed by atoms with Crippen LogP contribution >= 0.6 is 0 Å². The topological polar surface area (TPSA) is 44.0 Å². The van der Waals surface area contributed by atoms with Gasteiger partial charge >= 0.3 is 0 Å². The summed E-state index contributed by atoms with van der Waals surface area (Å²) in [5, 5.41) is 20.2. The molecular formula is C16H21NO. The molecule has 2 heteroatoms. The fourth-order valence-electron chi connectivity index (χ4n) is 3.35. The van der Waals surface area contributed by atoms with E-state index in [1.807, 2.05) is 13.8 Å². The molecule has 1 aromatic carbocycles. The second kappa shape index (κ2) is 4.74. The molecule has 1 aromatic rings. The third-order valence-electron chi connectivity index (χ3n) is 4.25. The van der Waals surface area contributed by atoms with E-state index in [0.717, 1.165) is 42.4 Å². The number of nitrogens with zero attached hydrogens (tertiary/aromatic N) is 1. The van der Waals surface area contributed by atoms with E-state index in [4.69, 9.17) is 0 Å². The highest BCUT2D eigenvalue weighted by molar-refractivity contribution is 5.40. The summed E-state index contributed by atoms with van der Waals surface area (Å²) < 4.78 is 0. The van der Waals surface area contributed by atoms with Gasteiger partial charge in [-0.1, -0.05) is 30.5 Å². The van der Waals surface area contributed by atoms with Crippen LogP contribution in [-0.4, -0.2) is 5.11 Å². The highest BCUT2D eigenvalue weighted by atomic mass is 16.3. The lowest BCUT2D eigenvalue weighted by molar-refractivity contribution is 0.0660. The highest BCUT2D eigenvalue weighted by Crippen LogP contribution is 2.48. The number of hydrogen-bond acceptors (Lipinski definition) is 2. The van der Waals surface area contributed by atoms with Crippen LogP contribution in [0.3, 0.4) is 0 Å². The molecule has 2 rings (SSSR count). The Balaban J connectivity index is 2.46. The highest BCUT2D eigenvalue weighted by Gasteiger charge is 2.42. The van der Waals surface area contributed by atoms with E-state index < -0.39 is 11.5 Å². The quantitative estimate of drug-likeness (QED) is 0.860. The predicted octanol–water partition coefficient (Wildman–Crippen LogP) is 3.73. The monoisotopic (exact) mass is 243 g/mol. The van der Waals surface area contributed by atoms with E-state index in [1.54, 1.807) is 0 Å². The summed E-state index contributed by atoms with van der Waals surface area (Å²) in [6.07, 6.45) is 3.09. The summed E-state index contributed by atoms with van der Waals surface area (Å²) in [6, 6.07) is 6.57. The van der Waals surface area contributed by atoms with Gasteiger partial charge in [0, 0.05) is 0 Å². The minimum Gasteiger partial charge on any atom is -0.387 e. The Morgan fingerprint density at radius 2 is 1.67 bits per heavy atom. The van der Waals surface area contributed by atoms with Crippen molar-refractivity contribution >= 4 is 0 Å². The van der Waals surface area contributed by atoms with Gasteiger partial charge in [0.2, 0.25) is 0 Å². The van der Waals surface area contributed by atoms with Crippen LogP contribution < -0.4 is 0 Å². The van der Waals surface area contributed by atoms with Crippen LogP contribution in [0, 0.1) is 37.5 Å². The second-order valence-corrected chi connectivity index (χ2v) is 5.69. The molecule has 0 aliphatic heterocycles. The molecule has 1 unspecified atom stereocenters. The zero-order valence-corrected chi connectivity index (χ0v) is 11.5. The number of aliphatic hydroxyl groups excluding tert-OH is 1. The number of nitriles is 1. The normalized spacial score (nSPS) is 19.5. The fraction of sp³-hybridized carbons (Fsp3) is 0.562. The largest absolute Gasteiger partial charge is 0.387 e. The first kappa shape index (κ1) is 13.1. The number of aryl methyl sites for hydroxylation is 3. The molecule has 96 valence electrons. The Bertz CT molecular complexity index is 469. The Kier molecular flexibility index (Phi) is 3.45. The summed E-state index contributed by atoms with van der Waals surface area (Å²) in [7, 11) is 0. The Hall–Kier alpha value is -1.33. The van der Waals surface area contributed by atoms with E-state index in [2.05, 4.69) is 25.1 Å². The van der Waals surface area contributed by atoms with Gasteiger partial charge < -0.3 is 5.11 Å². The van der Waals surface area contributed by atoms with Crippen molar-refractivity contribution in [3.63, 3.8) is 0 Å². The first-order chi connectivity index (χ1) is 8.50. The molecule has 0 bridgehead atoms. The number of aliphatic hydroxyl groups is 1. The fourth-order valence-corrected chi connectivity index (χ4v) is 3.35. The number of benzene rings is 1. The lowest BCUT2D eigenvalue weighted by Crippen LogP contribution is -2.25. The van der Waals surface area contributed by atoms with E-state index in [0.29, 0.717) is 0 Å². The summed E-state index contributed by atoms with van der Waals surface area (Å²) in [5.41, 5.74) is 3.80. The van der Waals surface area contributed by atoms with Crippen molar-refractivity contribution in [2.75, 3.05) is 0 Å².